The Bertz CT molecular complexity index is 604. The van der Waals surface area contributed by atoms with Crippen LogP contribution in [0.2, 0.25) is 0 Å². The first-order valence-corrected chi connectivity index (χ1v) is 5.67. The molecule has 0 bridgehead atoms. The molecule has 0 saturated carbocycles. The predicted molar refractivity (Wildman–Crippen MR) is 64.1 cm³/mol. The van der Waals surface area contributed by atoms with E-state index in [2.05, 4.69) is 5.10 Å². The average Bonchev–Trinajstić information content (AvgIpc) is 2.84. The molecular weight excluding hydrogens is 232 g/mol. The Balaban J connectivity index is 1.95. The molecule has 18 heavy (non-hydrogen) atoms. The van der Waals surface area contributed by atoms with Gasteiger partial charge >= 0.3 is 0 Å². The topological polar surface area (TPSA) is 53.4 Å². The number of hydrogen-bond donors (Lipinski definition) is 0. The maximum atomic E-state index is 12.2. The summed E-state index contributed by atoms with van der Waals surface area (Å²) in [6.07, 6.45) is 3.25. The van der Waals surface area contributed by atoms with Gasteiger partial charge in [-0.2, -0.15) is 5.10 Å². The first kappa shape index (κ1) is 10.8. The van der Waals surface area contributed by atoms with Gasteiger partial charge in [0, 0.05) is 18.8 Å². The number of aromatic nitrogens is 2. The van der Waals surface area contributed by atoms with Gasteiger partial charge in [-0.3, -0.25) is 9.48 Å². The second-order valence-corrected chi connectivity index (χ2v) is 4.09. The van der Waals surface area contributed by atoms with Crippen molar-refractivity contribution in [3.05, 3.63) is 41.7 Å². The summed E-state index contributed by atoms with van der Waals surface area (Å²) in [4.78, 5) is 12.2. The van der Waals surface area contributed by atoms with Crippen LogP contribution in [0.3, 0.4) is 0 Å². The molecular formula is C13H12N2O3. The summed E-state index contributed by atoms with van der Waals surface area (Å²) in [5, 5.41) is 3.99. The quantitative estimate of drug-likeness (QED) is 0.750. The van der Waals surface area contributed by atoms with Crippen LogP contribution in [0.1, 0.15) is 15.9 Å². The molecule has 1 aromatic heterocycles. The van der Waals surface area contributed by atoms with Crippen molar-refractivity contribution >= 4 is 5.78 Å². The zero-order valence-corrected chi connectivity index (χ0v) is 9.92. The van der Waals surface area contributed by atoms with E-state index in [0.717, 1.165) is 0 Å². The molecule has 1 aliphatic rings. The highest BCUT2D eigenvalue weighted by Gasteiger charge is 2.16. The van der Waals surface area contributed by atoms with Crippen LogP contribution in [-0.4, -0.2) is 28.8 Å². The molecule has 2 aromatic rings. The van der Waals surface area contributed by atoms with E-state index in [4.69, 9.17) is 9.47 Å². The highest BCUT2D eigenvalue weighted by atomic mass is 16.6. The summed E-state index contributed by atoms with van der Waals surface area (Å²) < 4.78 is 12.5. The molecule has 0 unspecified atom stereocenters. The summed E-state index contributed by atoms with van der Waals surface area (Å²) in [5.74, 6) is 1.24. The number of nitrogens with zero attached hydrogens (tertiary/aromatic N) is 2. The highest BCUT2D eigenvalue weighted by molar-refractivity contribution is 6.09. The minimum Gasteiger partial charge on any atom is -0.486 e. The lowest BCUT2D eigenvalue weighted by Gasteiger charge is -2.18. The maximum Gasteiger partial charge on any atom is 0.196 e. The third kappa shape index (κ3) is 1.84. The predicted octanol–water partition coefficient (Wildman–Crippen LogP) is 1.42. The first-order chi connectivity index (χ1) is 8.74. The number of ketones is 1. The van der Waals surface area contributed by atoms with Gasteiger partial charge in [0.25, 0.3) is 0 Å². The van der Waals surface area contributed by atoms with Crippen LogP contribution in [0.5, 0.6) is 11.5 Å². The number of carbonyl (C=O) groups excluding carboxylic acids is 1. The van der Waals surface area contributed by atoms with Crippen molar-refractivity contribution in [2.75, 3.05) is 13.2 Å². The van der Waals surface area contributed by atoms with Crippen LogP contribution in [0.4, 0.5) is 0 Å². The highest BCUT2D eigenvalue weighted by Crippen LogP contribution is 2.31. The number of ether oxygens (including phenoxy) is 2. The van der Waals surface area contributed by atoms with E-state index in [-0.39, 0.29) is 5.78 Å². The summed E-state index contributed by atoms with van der Waals surface area (Å²) in [6, 6.07) is 5.21. The summed E-state index contributed by atoms with van der Waals surface area (Å²) in [5.41, 5.74) is 1.14. The van der Waals surface area contributed by atoms with Crippen molar-refractivity contribution in [3.8, 4) is 11.5 Å². The molecule has 0 saturated heterocycles. The minimum absolute atomic E-state index is 0.0694. The fourth-order valence-electron chi connectivity index (χ4n) is 1.89. The molecule has 0 spiro atoms. The molecule has 1 aliphatic heterocycles. The monoisotopic (exact) mass is 244 g/mol. The minimum atomic E-state index is -0.0694. The molecule has 0 atom stereocenters. The van der Waals surface area contributed by atoms with Gasteiger partial charge in [-0.05, 0) is 18.2 Å². The Hall–Kier alpha value is -2.30. The van der Waals surface area contributed by atoms with Gasteiger partial charge < -0.3 is 9.47 Å². The molecule has 3 rings (SSSR count). The maximum absolute atomic E-state index is 12.2. The zero-order chi connectivity index (χ0) is 12.5. The van der Waals surface area contributed by atoms with Crippen molar-refractivity contribution in [1.29, 1.82) is 0 Å². The summed E-state index contributed by atoms with van der Waals surface area (Å²) in [6.45, 7) is 1.06. The van der Waals surface area contributed by atoms with E-state index in [9.17, 15) is 4.79 Å². The SMILES string of the molecule is Cn1cc(C(=O)c2ccc3c(c2)OCCO3)cn1. The zero-order valence-electron chi connectivity index (χ0n) is 9.92. The second-order valence-electron chi connectivity index (χ2n) is 4.09. The molecule has 92 valence electrons. The van der Waals surface area contributed by atoms with E-state index in [0.29, 0.717) is 35.8 Å². The van der Waals surface area contributed by atoms with Crippen LogP contribution in [0.15, 0.2) is 30.6 Å². The lowest BCUT2D eigenvalue weighted by Crippen LogP contribution is -2.15. The third-order valence-corrected chi connectivity index (χ3v) is 2.77. The molecule has 0 amide bonds. The molecule has 2 heterocycles. The van der Waals surface area contributed by atoms with E-state index in [1.54, 1.807) is 42.3 Å². The van der Waals surface area contributed by atoms with Crippen LogP contribution in [-0.2, 0) is 7.05 Å². The van der Waals surface area contributed by atoms with Crippen molar-refractivity contribution in [2.45, 2.75) is 0 Å². The molecule has 1 aromatic carbocycles. The van der Waals surface area contributed by atoms with E-state index in [1.807, 2.05) is 0 Å². The molecule has 0 N–H and O–H groups in total. The molecule has 5 heteroatoms. The van der Waals surface area contributed by atoms with Gasteiger partial charge in [-0.1, -0.05) is 0 Å². The molecule has 0 radical (unpaired) electrons. The lowest BCUT2D eigenvalue weighted by atomic mass is 10.1. The second kappa shape index (κ2) is 4.18. The van der Waals surface area contributed by atoms with E-state index < -0.39 is 0 Å². The van der Waals surface area contributed by atoms with Gasteiger partial charge in [-0.25, -0.2) is 0 Å². The number of benzene rings is 1. The summed E-state index contributed by atoms with van der Waals surface area (Å²) in [7, 11) is 1.78. The van der Waals surface area contributed by atoms with Gasteiger partial charge in [0.15, 0.2) is 17.3 Å². The van der Waals surface area contributed by atoms with Crippen LogP contribution >= 0.6 is 0 Å². The Morgan fingerprint density at radius 2 is 2.00 bits per heavy atom. The van der Waals surface area contributed by atoms with Crippen LogP contribution in [0.25, 0.3) is 0 Å². The Morgan fingerprint density at radius 1 is 1.22 bits per heavy atom. The van der Waals surface area contributed by atoms with Crippen molar-refractivity contribution in [2.24, 2.45) is 7.05 Å². The number of aryl methyl sites for hydroxylation is 1. The number of rotatable bonds is 2. The Labute approximate surface area is 104 Å². The molecule has 0 fully saturated rings. The van der Waals surface area contributed by atoms with Gasteiger partial charge in [0.05, 0.1) is 11.8 Å². The van der Waals surface area contributed by atoms with Crippen LogP contribution < -0.4 is 9.47 Å². The van der Waals surface area contributed by atoms with Crippen molar-refractivity contribution < 1.29 is 14.3 Å². The van der Waals surface area contributed by atoms with E-state index >= 15 is 0 Å². The Kier molecular flexibility index (Phi) is 2.51. The first-order valence-electron chi connectivity index (χ1n) is 5.67. The number of hydrogen-bond acceptors (Lipinski definition) is 4. The molecule has 0 aliphatic carbocycles. The van der Waals surface area contributed by atoms with Crippen LogP contribution in [0, 0.1) is 0 Å². The smallest absolute Gasteiger partial charge is 0.196 e. The fraction of sp³-hybridized carbons (Fsp3) is 0.231. The van der Waals surface area contributed by atoms with Crippen molar-refractivity contribution in [3.63, 3.8) is 0 Å². The average molecular weight is 244 g/mol. The third-order valence-electron chi connectivity index (χ3n) is 2.77. The Morgan fingerprint density at radius 3 is 2.72 bits per heavy atom. The molecule has 5 nitrogen and oxygen atoms in total. The normalized spacial score (nSPS) is 13.4. The van der Waals surface area contributed by atoms with Crippen molar-refractivity contribution in [1.82, 2.24) is 9.78 Å². The fourth-order valence-corrected chi connectivity index (χ4v) is 1.89. The lowest BCUT2D eigenvalue weighted by molar-refractivity contribution is 0.103. The summed E-state index contributed by atoms with van der Waals surface area (Å²) >= 11 is 0. The van der Waals surface area contributed by atoms with Gasteiger partial charge in [-0.15, -0.1) is 0 Å². The van der Waals surface area contributed by atoms with E-state index in [1.165, 1.54) is 0 Å². The standard InChI is InChI=1S/C13H12N2O3/c1-15-8-10(7-14-15)13(16)9-2-3-11-12(6-9)18-5-4-17-11/h2-3,6-8H,4-5H2,1H3. The number of fused-ring (bicyclic) bond motifs is 1. The van der Waals surface area contributed by atoms with Gasteiger partial charge in [0.2, 0.25) is 0 Å². The van der Waals surface area contributed by atoms with Gasteiger partial charge in [0.1, 0.15) is 13.2 Å². The number of carbonyl (C=O) groups is 1. The largest absolute Gasteiger partial charge is 0.486 e.